The second-order valence-electron chi connectivity index (χ2n) is 15.3. The van der Waals surface area contributed by atoms with E-state index in [0.717, 1.165) is 40.7 Å². The minimum atomic E-state index is -0.614. The fourth-order valence-corrected chi connectivity index (χ4v) is 6.56. The molecular weight excluding hydrogens is 644 g/mol. The first-order chi connectivity index (χ1) is 23.9. The number of carbonyl (C=O) groups is 2. The Balaban J connectivity index is 2.87. The van der Waals surface area contributed by atoms with E-state index < -0.39 is 30.4 Å². The number of carbonyl (C=O) groups excluding carboxylic acids is 2. The quantitative estimate of drug-likeness (QED) is 0.0511. The second-order valence-corrected chi connectivity index (χ2v) is 15.3. The zero-order chi connectivity index (χ0) is 38.7. The number of aliphatic hydroxyl groups excluding tert-OH is 4. The Bertz CT molecular complexity index is 1250. The third kappa shape index (κ3) is 20.7. The number of cyclic esters (lactones) is 1. The molecule has 4 N–H and O–H groups in total. The molecular formula is C43H70O8. The van der Waals surface area contributed by atoms with Crippen molar-refractivity contribution in [1.82, 2.24) is 0 Å². The lowest BCUT2D eigenvalue weighted by molar-refractivity contribution is -0.152. The van der Waals surface area contributed by atoms with Crippen LogP contribution in [-0.2, 0) is 19.1 Å². The number of rotatable bonds is 17. The fourth-order valence-electron chi connectivity index (χ4n) is 6.56. The summed E-state index contributed by atoms with van der Waals surface area (Å²) < 4.78 is 11.9. The smallest absolute Gasteiger partial charge is 0.331 e. The van der Waals surface area contributed by atoms with Gasteiger partial charge < -0.3 is 29.9 Å². The van der Waals surface area contributed by atoms with Gasteiger partial charge in [-0.25, -0.2) is 4.79 Å². The van der Waals surface area contributed by atoms with Gasteiger partial charge in [0.15, 0.2) is 0 Å². The molecule has 0 unspecified atom stereocenters. The molecule has 1 heterocycles. The van der Waals surface area contributed by atoms with Crippen LogP contribution >= 0.6 is 0 Å². The van der Waals surface area contributed by atoms with Crippen LogP contribution in [0.15, 0.2) is 70.4 Å². The van der Waals surface area contributed by atoms with Gasteiger partial charge in [0, 0.05) is 24.8 Å². The van der Waals surface area contributed by atoms with Crippen molar-refractivity contribution < 1.29 is 39.5 Å². The molecule has 1 aliphatic rings. The topological polar surface area (TPSA) is 134 Å². The maximum absolute atomic E-state index is 12.9. The monoisotopic (exact) mass is 715 g/mol. The summed E-state index contributed by atoms with van der Waals surface area (Å²) in [5, 5.41) is 39.8. The van der Waals surface area contributed by atoms with E-state index in [-0.39, 0.29) is 42.4 Å². The molecule has 0 spiro atoms. The molecule has 1 rings (SSSR count). The summed E-state index contributed by atoms with van der Waals surface area (Å²) in [4.78, 5) is 25.9. The lowest BCUT2D eigenvalue weighted by Gasteiger charge is -2.27. The van der Waals surface area contributed by atoms with Crippen molar-refractivity contribution in [2.45, 2.75) is 170 Å². The molecule has 51 heavy (non-hydrogen) atoms. The van der Waals surface area contributed by atoms with Crippen LogP contribution in [0.2, 0.25) is 0 Å². The van der Waals surface area contributed by atoms with E-state index in [2.05, 4.69) is 26.8 Å². The van der Waals surface area contributed by atoms with Crippen LogP contribution in [-0.4, -0.2) is 69.0 Å². The van der Waals surface area contributed by atoms with E-state index in [9.17, 15) is 30.0 Å². The summed E-state index contributed by atoms with van der Waals surface area (Å²) >= 11 is 0. The molecule has 9 atom stereocenters. The maximum atomic E-state index is 12.9. The van der Waals surface area contributed by atoms with Crippen LogP contribution < -0.4 is 0 Å². The predicted octanol–water partition coefficient (Wildman–Crippen LogP) is 8.40. The van der Waals surface area contributed by atoms with E-state index >= 15 is 0 Å². The highest BCUT2D eigenvalue weighted by Crippen LogP contribution is 2.27. The van der Waals surface area contributed by atoms with Crippen molar-refractivity contribution in [2.24, 2.45) is 17.8 Å². The minimum absolute atomic E-state index is 0.0741. The number of allylic oxidation sites excluding steroid dienone is 8. The van der Waals surface area contributed by atoms with Crippen LogP contribution in [0.5, 0.6) is 0 Å². The van der Waals surface area contributed by atoms with E-state index in [0.29, 0.717) is 44.9 Å². The highest BCUT2D eigenvalue weighted by Gasteiger charge is 2.26. The SMILES string of the molecule is CC[C@H](O)C[C@H](O)C/C=C(\C)C=C(C)C=C(C)/C=C/C(=O)O[C@H]1CCCC(=O)O[C@@H]([C@@H](C)C/C(C)=C/[C@@H](C)[C@H](O)C[C@@H](C)O)C/C=C(\C)C[C@@H]1C. The standard InChI is InChI=1S/C43H70O8/c1-11-37(45)27-38(46)18-15-28(2)21-31(5)22-29(3)17-20-43(49)50-40-13-12-14-42(48)51-41(19-16-30(4)23-34(40)8)35(9)25-32(6)24-33(7)39(47)26-36(10)44/h15-17,20-22,24,33-41,44-47H,11-14,18-19,23,25-27H2,1-10H3/b20-17+,28-15+,29-22?,30-16+,31-21?,32-24+/t33-,34+,35+,36-,37+,38-,39-,40+,41-/m1/s1. The van der Waals surface area contributed by atoms with Crippen LogP contribution in [0, 0.1) is 17.8 Å². The Morgan fingerprint density at radius 3 is 2.29 bits per heavy atom. The lowest BCUT2D eigenvalue weighted by Crippen LogP contribution is -2.28. The van der Waals surface area contributed by atoms with Gasteiger partial charge in [-0.05, 0) is 105 Å². The number of aliphatic hydroxyl groups is 4. The van der Waals surface area contributed by atoms with Crippen molar-refractivity contribution >= 4 is 11.9 Å². The summed E-state index contributed by atoms with van der Waals surface area (Å²) in [5.74, 6) is -0.597. The third-order valence-electron chi connectivity index (χ3n) is 9.53. The van der Waals surface area contributed by atoms with Crippen molar-refractivity contribution in [3.8, 4) is 0 Å². The molecule has 1 aliphatic heterocycles. The Hall–Kier alpha value is -2.78. The van der Waals surface area contributed by atoms with Gasteiger partial charge in [0.1, 0.15) is 12.2 Å². The molecule has 8 nitrogen and oxygen atoms in total. The first-order valence-corrected chi connectivity index (χ1v) is 19.1. The number of esters is 2. The van der Waals surface area contributed by atoms with Gasteiger partial charge in [-0.2, -0.15) is 0 Å². The molecule has 0 aromatic heterocycles. The normalized spacial score (nSPS) is 25.4. The van der Waals surface area contributed by atoms with Gasteiger partial charge in [0.05, 0.1) is 24.4 Å². The molecule has 0 radical (unpaired) electrons. The fraction of sp³-hybridized carbons (Fsp3) is 0.674. The molecule has 0 bridgehead atoms. The molecule has 0 saturated carbocycles. The van der Waals surface area contributed by atoms with Crippen LogP contribution in [0.3, 0.4) is 0 Å². The van der Waals surface area contributed by atoms with Gasteiger partial charge in [-0.15, -0.1) is 0 Å². The average Bonchev–Trinajstić information content (AvgIpc) is 3.02. The maximum Gasteiger partial charge on any atom is 0.331 e. The number of hydrogen-bond donors (Lipinski definition) is 4. The van der Waals surface area contributed by atoms with Crippen LogP contribution in [0.4, 0.5) is 0 Å². The average molecular weight is 715 g/mol. The minimum Gasteiger partial charge on any atom is -0.462 e. The number of ether oxygens (including phenoxy) is 2. The molecule has 0 aliphatic carbocycles. The highest BCUT2D eigenvalue weighted by molar-refractivity contribution is 5.82. The summed E-state index contributed by atoms with van der Waals surface area (Å²) in [7, 11) is 0. The lowest BCUT2D eigenvalue weighted by atomic mass is 9.89. The van der Waals surface area contributed by atoms with Crippen molar-refractivity contribution in [2.75, 3.05) is 0 Å². The zero-order valence-corrected chi connectivity index (χ0v) is 33.2. The predicted molar refractivity (Wildman–Crippen MR) is 207 cm³/mol. The van der Waals surface area contributed by atoms with E-state index in [1.54, 1.807) is 13.0 Å². The summed E-state index contributed by atoms with van der Waals surface area (Å²) in [6.45, 7) is 19.7. The third-order valence-corrected chi connectivity index (χ3v) is 9.53. The van der Waals surface area contributed by atoms with Crippen LogP contribution in [0.25, 0.3) is 0 Å². The van der Waals surface area contributed by atoms with Gasteiger partial charge >= 0.3 is 11.9 Å². The molecule has 0 aromatic carbocycles. The Kier molecular flexibility index (Phi) is 22.2. The first kappa shape index (κ1) is 46.2. The molecule has 0 amide bonds. The molecule has 290 valence electrons. The summed E-state index contributed by atoms with van der Waals surface area (Å²) in [6.07, 6.45) is 15.8. The van der Waals surface area contributed by atoms with Crippen molar-refractivity contribution in [1.29, 1.82) is 0 Å². The van der Waals surface area contributed by atoms with Crippen molar-refractivity contribution in [3.05, 3.63) is 70.4 Å². The summed E-state index contributed by atoms with van der Waals surface area (Å²) in [5.41, 5.74) is 5.19. The molecule has 8 heteroatoms. The van der Waals surface area contributed by atoms with Gasteiger partial charge in [-0.1, -0.05) is 92.0 Å². The molecule has 0 saturated heterocycles. The summed E-state index contributed by atoms with van der Waals surface area (Å²) in [6, 6.07) is 0. The molecule has 0 aromatic rings. The number of hydrogen-bond acceptors (Lipinski definition) is 8. The van der Waals surface area contributed by atoms with Gasteiger partial charge in [0.2, 0.25) is 0 Å². The van der Waals surface area contributed by atoms with E-state index in [1.807, 2.05) is 65.8 Å². The van der Waals surface area contributed by atoms with E-state index in [1.165, 1.54) is 6.08 Å². The second kappa shape index (κ2) is 24.5. The van der Waals surface area contributed by atoms with Gasteiger partial charge in [-0.3, -0.25) is 4.79 Å². The zero-order valence-electron chi connectivity index (χ0n) is 33.2. The molecule has 0 fully saturated rings. The Labute approximate surface area is 309 Å². The van der Waals surface area contributed by atoms with Crippen molar-refractivity contribution in [3.63, 3.8) is 0 Å². The van der Waals surface area contributed by atoms with E-state index in [4.69, 9.17) is 9.47 Å². The Morgan fingerprint density at radius 2 is 1.65 bits per heavy atom. The van der Waals surface area contributed by atoms with Crippen LogP contribution in [0.1, 0.15) is 133 Å². The largest absolute Gasteiger partial charge is 0.462 e. The first-order valence-electron chi connectivity index (χ1n) is 19.1. The Morgan fingerprint density at radius 1 is 0.980 bits per heavy atom. The van der Waals surface area contributed by atoms with Gasteiger partial charge in [0.25, 0.3) is 0 Å². The highest BCUT2D eigenvalue weighted by atomic mass is 16.5.